The van der Waals surface area contributed by atoms with Crippen LogP contribution in [-0.4, -0.2) is 42.2 Å². The van der Waals surface area contributed by atoms with Crippen molar-refractivity contribution < 1.29 is 9.90 Å². The number of piperidine rings is 1. The van der Waals surface area contributed by atoms with Gasteiger partial charge >= 0.3 is 5.97 Å². The Morgan fingerprint density at radius 3 is 2.55 bits per heavy atom. The van der Waals surface area contributed by atoms with Crippen molar-refractivity contribution >= 4 is 5.97 Å². The number of nitrogens with zero attached hydrogens (tertiary/aromatic N) is 1. The van der Waals surface area contributed by atoms with Gasteiger partial charge in [0.05, 0.1) is 0 Å². The van der Waals surface area contributed by atoms with E-state index < -0.39 is 12.0 Å². The molecule has 2 rings (SSSR count). The minimum atomic E-state index is -0.737. The summed E-state index contributed by atoms with van der Waals surface area (Å²) in [4.78, 5) is 13.5. The summed E-state index contributed by atoms with van der Waals surface area (Å²) >= 11 is 0. The number of nitrogens with one attached hydrogen (secondary N) is 1. The molecule has 1 aliphatic heterocycles. The summed E-state index contributed by atoms with van der Waals surface area (Å²) in [5.74, 6) is -0.213. The van der Waals surface area contributed by atoms with E-state index in [4.69, 9.17) is 5.11 Å². The van der Waals surface area contributed by atoms with E-state index in [0.29, 0.717) is 5.92 Å². The fourth-order valence-corrected chi connectivity index (χ4v) is 2.90. The predicted octanol–water partition coefficient (Wildman–Crippen LogP) is 1.96. The van der Waals surface area contributed by atoms with Gasteiger partial charge in [0.1, 0.15) is 6.04 Å². The summed E-state index contributed by atoms with van der Waals surface area (Å²) in [6.07, 6.45) is 2.93. The zero-order valence-corrected chi connectivity index (χ0v) is 12.1. The average Bonchev–Trinajstić information content (AvgIpc) is 2.47. The number of benzene rings is 1. The van der Waals surface area contributed by atoms with Crippen molar-refractivity contribution in [1.82, 2.24) is 10.2 Å². The van der Waals surface area contributed by atoms with Crippen LogP contribution in [0.1, 0.15) is 24.8 Å². The number of likely N-dealkylation sites (tertiary alicyclic amines) is 1. The number of carbonyl (C=O) groups is 1. The molecule has 110 valence electrons. The van der Waals surface area contributed by atoms with Crippen LogP contribution in [0, 0.1) is 5.92 Å². The van der Waals surface area contributed by atoms with E-state index in [2.05, 4.69) is 34.5 Å². The molecule has 1 fully saturated rings. The Hall–Kier alpha value is -1.39. The molecule has 1 saturated heterocycles. The third-order valence-corrected chi connectivity index (χ3v) is 4.17. The van der Waals surface area contributed by atoms with Gasteiger partial charge in [0, 0.05) is 6.54 Å². The van der Waals surface area contributed by atoms with Crippen molar-refractivity contribution in [1.29, 1.82) is 0 Å². The molecule has 2 N–H and O–H groups in total. The smallest absolute Gasteiger partial charge is 0.320 e. The van der Waals surface area contributed by atoms with E-state index in [1.54, 1.807) is 7.05 Å². The van der Waals surface area contributed by atoms with Gasteiger partial charge in [0.2, 0.25) is 0 Å². The number of aliphatic carboxylic acids is 1. The molecule has 0 bridgehead atoms. The first-order valence-electron chi connectivity index (χ1n) is 7.35. The Morgan fingerprint density at radius 2 is 2.00 bits per heavy atom. The molecule has 1 aromatic rings. The lowest BCUT2D eigenvalue weighted by Gasteiger charge is -2.33. The van der Waals surface area contributed by atoms with Crippen LogP contribution in [-0.2, 0) is 11.3 Å². The standard InChI is InChI=1S/C16H24N2O2/c1-17-15(16(19)20)11-13-7-9-18(10-8-13)12-14-5-3-2-4-6-14/h2-6,13,15,17H,7-12H2,1H3,(H,19,20). The zero-order chi connectivity index (χ0) is 14.4. The van der Waals surface area contributed by atoms with Crippen molar-refractivity contribution in [2.24, 2.45) is 5.92 Å². The molecule has 0 aliphatic carbocycles. The SMILES string of the molecule is CNC(CC1CCN(Cc2ccccc2)CC1)C(=O)O. The van der Waals surface area contributed by atoms with E-state index >= 15 is 0 Å². The fraction of sp³-hybridized carbons (Fsp3) is 0.562. The summed E-state index contributed by atoms with van der Waals surface area (Å²) in [5, 5.41) is 12.0. The van der Waals surface area contributed by atoms with Crippen molar-refractivity contribution in [3.8, 4) is 0 Å². The maximum absolute atomic E-state index is 11.0. The summed E-state index contributed by atoms with van der Waals surface area (Å²) in [6.45, 7) is 3.13. The van der Waals surface area contributed by atoms with Crippen LogP contribution in [0.15, 0.2) is 30.3 Å². The van der Waals surface area contributed by atoms with E-state index in [1.165, 1.54) is 5.56 Å². The maximum atomic E-state index is 11.0. The summed E-state index contributed by atoms with van der Waals surface area (Å²) in [5.41, 5.74) is 1.35. The van der Waals surface area contributed by atoms with Gasteiger partial charge < -0.3 is 10.4 Å². The number of hydrogen-bond donors (Lipinski definition) is 2. The monoisotopic (exact) mass is 276 g/mol. The van der Waals surface area contributed by atoms with E-state index in [1.807, 2.05) is 6.07 Å². The van der Waals surface area contributed by atoms with Gasteiger partial charge in [-0.2, -0.15) is 0 Å². The topological polar surface area (TPSA) is 52.6 Å². The van der Waals surface area contributed by atoms with Gasteiger partial charge in [-0.1, -0.05) is 30.3 Å². The summed E-state index contributed by atoms with van der Waals surface area (Å²) < 4.78 is 0. The van der Waals surface area contributed by atoms with Crippen molar-refractivity contribution in [2.75, 3.05) is 20.1 Å². The van der Waals surface area contributed by atoms with Gasteiger partial charge in [0.25, 0.3) is 0 Å². The number of likely N-dealkylation sites (N-methyl/N-ethyl adjacent to an activating group) is 1. The summed E-state index contributed by atoms with van der Waals surface area (Å²) in [6, 6.07) is 10.1. The van der Waals surface area contributed by atoms with Crippen LogP contribution >= 0.6 is 0 Å². The van der Waals surface area contributed by atoms with E-state index in [0.717, 1.165) is 38.9 Å². The molecule has 0 radical (unpaired) electrons. The minimum Gasteiger partial charge on any atom is -0.480 e. The molecule has 20 heavy (non-hydrogen) atoms. The molecule has 1 aromatic carbocycles. The van der Waals surface area contributed by atoms with E-state index in [-0.39, 0.29) is 0 Å². The average molecular weight is 276 g/mol. The second-order valence-electron chi connectivity index (χ2n) is 5.62. The molecule has 1 aliphatic rings. The number of rotatable bonds is 6. The lowest BCUT2D eigenvalue weighted by Crippen LogP contribution is -2.39. The van der Waals surface area contributed by atoms with Gasteiger partial charge in [0.15, 0.2) is 0 Å². The Labute approximate surface area is 120 Å². The summed E-state index contributed by atoms with van der Waals surface area (Å²) in [7, 11) is 1.73. The number of hydrogen-bond acceptors (Lipinski definition) is 3. The van der Waals surface area contributed by atoms with Crippen LogP contribution in [0.5, 0.6) is 0 Å². The molecular weight excluding hydrogens is 252 g/mol. The highest BCUT2D eigenvalue weighted by atomic mass is 16.4. The Kier molecular flexibility index (Phi) is 5.56. The van der Waals surface area contributed by atoms with Crippen LogP contribution in [0.2, 0.25) is 0 Å². The highest BCUT2D eigenvalue weighted by molar-refractivity contribution is 5.73. The Balaban J connectivity index is 1.76. The van der Waals surface area contributed by atoms with Gasteiger partial charge in [-0.3, -0.25) is 9.69 Å². The zero-order valence-electron chi connectivity index (χ0n) is 12.1. The predicted molar refractivity (Wildman–Crippen MR) is 79.5 cm³/mol. The maximum Gasteiger partial charge on any atom is 0.320 e. The molecule has 4 nitrogen and oxygen atoms in total. The molecule has 0 saturated carbocycles. The van der Waals surface area contributed by atoms with Crippen molar-refractivity contribution in [3.05, 3.63) is 35.9 Å². The third-order valence-electron chi connectivity index (χ3n) is 4.17. The number of carboxylic acids is 1. The molecule has 1 unspecified atom stereocenters. The molecule has 1 atom stereocenters. The van der Waals surface area contributed by atoms with Crippen molar-refractivity contribution in [2.45, 2.75) is 31.8 Å². The van der Waals surface area contributed by atoms with Crippen LogP contribution < -0.4 is 5.32 Å². The largest absolute Gasteiger partial charge is 0.480 e. The second-order valence-corrected chi connectivity index (χ2v) is 5.62. The fourth-order valence-electron chi connectivity index (χ4n) is 2.90. The Bertz CT molecular complexity index is 414. The molecule has 0 amide bonds. The van der Waals surface area contributed by atoms with Gasteiger partial charge in [-0.15, -0.1) is 0 Å². The van der Waals surface area contributed by atoms with Crippen LogP contribution in [0.3, 0.4) is 0 Å². The molecule has 1 heterocycles. The lowest BCUT2D eigenvalue weighted by atomic mass is 9.90. The highest BCUT2D eigenvalue weighted by Gasteiger charge is 2.24. The molecule has 4 heteroatoms. The quantitative estimate of drug-likeness (QED) is 0.834. The number of carboxylic acid groups (broad SMARTS) is 1. The van der Waals surface area contributed by atoms with Gasteiger partial charge in [-0.25, -0.2) is 0 Å². The highest BCUT2D eigenvalue weighted by Crippen LogP contribution is 2.23. The Morgan fingerprint density at radius 1 is 1.35 bits per heavy atom. The lowest BCUT2D eigenvalue weighted by molar-refractivity contribution is -0.139. The van der Waals surface area contributed by atoms with Crippen molar-refractivity contribution in [3.63, 3.8) is 0 Å². The first kappa shape index (κ1) is 15.0. The van der Waals surface area contributed by atoms with Crippen LogP contribution in [0.25, 0.3) is 0 Å². The third kappa shape index (κ3) is 4.32. The minimum absolute atomic E-state index is 0.402. The van der Waals surface area contributed by atoms with Crippen LogP contribution in [0.4, 0.5) is 0 Å². The first-order valence-corrected chi connectivity index (χ1v) is 7.35. The first-order chi connectivity index (χ1) is 9.69. The molecule has 0 spiro atoms. The van der Waals surface area contributed by atoms with E-state index in [9.17, 15) is 4.79 Å². The molecular formula is C16H24N2O2. The van der Waals surface area contributed by atoms with Gasteiger partial charge in [-0.05, 0) is 50.9 Å². The molecule has 0 aromatic heterocycles. The second kappa shape index (κ2) is 7.41. The normalized spacial score (nSPS) is 18.9.